The van der Waals surface area contributed by atoms with Crippen LogP contribution in [0.1, 0.15) is 19.5 Å². The summed E-state index contributed by atoms with van der Waals surface area (Å²) < 4.78 is 0. The van der Waals surface area contributed by atoms with Gasteiger partial charge in [0.1, 0.15) is 4.99 Å². The number of rotatable bonds is 3. The third kappa shape index (κ3) is 2.99. The highest BCUT2D eigenvalue weighted by molar-refractivity contribution is 7.80. The van der Waals surface area contributed by atoms with E-state index in [-0.39, 0.29) is 0 Å². The minimum Gasteiger partial charge on any atom is -0.388 e. The quantitative estimate of drug-likeness (QED) is 0.718. The van der Waals surface area contributed by atoms with Gasteiger partial charge < -0.3 is 11.1 Å². The zero-order valence-corrected chi connectivity index (χ0v) is 8.56. The lowest BCUT2D eigenvalue weighted by atomic mass is 10.3. The Morgan fingerprint density at radius 3 is 2.85 bits per heavy atom. The molecular formula is C9H13N3S. The van der Waals surface area contributed by atoms with Gasteiger partial charge in [-0.25, -0.2) is 0 Å². The summed E-state index contributed by atoms with van der Waals surface area (Å²) >= 11 is 4.82. The van der Waals surface area contributed by atoms with Crippen molar-refractivity contribution in [3.05, 3.63) is 24.0 Å². The zero-order chi connectivity index (χ0) is 9.84. The van der Waals surface area contributed by atoms with Crippen LogP contribution in [0.3, 0.4) is 0 Å². The standard InChI is InChI=1S/C9H13N3S/c1-6(2)12-7-3-4-11-8(5-7)9(10)13/h3-6H,1-2H3,(H2,10,13)(H,11,12). The van der Waals surface area contributed by atoms with Crippen LogP contribution in [0.15, 0.2) is 18.3 Å². The normalized spacial score (nSPS) is 10.1. The fourth-order valence-corrected chi connectivity index (χ4v) is 1.10. The van der Waals surface area contributed by atoms with Crippen molar-refractivity contribution < 1.29 is 0 Å². The molecule has 0 aliphatic carbocycles. The van der Waals surface area contributed by atoms with Crippen LogP contribution >= 0.6 is 12.2 Å². The number of hydrogen-bond acceptors (Lipinski definition) is 3. The molecule has 0 aliphatic heterocycles. The van der Waals surface area contributed by atoms with Gasteiger partial charge in [-0.3, -0.25) is 4.98 Å². The number of anilines is 1. The number of nitrogens with one attached hydrogen (secondary N) is 1. The first-order chi connectivity index (χ1) is 6.09. The van der Waals surface area contributed by atoms with Crippen molar-refractivity contribution >= 4 is 22.9 Å². The van der Waals surface area contributed by atoms with Crippen molar-refractivity contribution in [3.63, 3.8) is 0 Å². The Labute approximate surface area is 83.4 Å². The molecule has 1 aromatic heterocycles. The van der Waals surface area contributed by atoms with Gasteiger partial charge in [-0.1, -0.05) is 12.2 Å². The van der Waals surface area contributed by atoms with Crippen LogP contribution in [0.4, 0.5) is 5.69 Å². The molecule has 0 saturated heterocycles. The Morgan fingerprint density at radius 1 is 1.62 bits per heavy atom. The second-order valence-electron chi connectivity index (χ2n) is 3.09. The molecule has 0 fully saturated rings. The fourth-order valence-electron chi connectivity index (χ4n) is 0.988. The molecule has 0 bridgehead atoms. The molecule has 1 heterocycles. The van der Waals surface area contributed by atoms with E-state index in [0.717, 1.165) is 5.69 Å². The molecule has 4 heteroatoms. The van der Waals surface area contributed by atoms with Crippen LogP contribution in [-0.2, 0) is 0 Å². The Hall–Kier alpha value is -1.16. The van der Waals surface area contributed by atoms with Gasteiger partial charge in [0.05, 0.1) is 5.69 Å². The van der Waals surface area contributed by atoms with Gasteiger partial charge in [-0.2, -0.15) is 0 Å². The van der Waals surface area contributed by atoms with Crippen molar-refractivity contribution in [1.82, 2.24) is 4.98 Å². The first-order valence-corrected chi connectivity index (χ1v) is 4.53. The highest BCUT2D eigenvalue weighted by Gasteiger charge is 2.00. The molecule has 3 N–H and O–H groups in total. The molecule has 1 rings (SSSR count). The molecule has 0 saturated carbocycles. The van der Waals surface area contributed by atoms with Crippen LogP contribution < -0.4 is 11.1 Å². The largest absolute Gasteiger partial charge is 0.388 e. The molecule has 0 radical (unpaired) electrons. The van der Waals surface area contributed by atoms with E-state index in [1.165, 1.54) is 0 Å². The molecule has 0 aromatic carbocycles. The Kier molecular flexibility index (Phi) is 3.19. The third-order valence-corrected chi connectivity index (χ3v) is 1.68. The lowest BCUT2D eigenvalue weighted by Crippen LogP contribution is -2.14. The van der Waals surface area contributed by atoms with Gasteiger partial charge in [0, 0.05) is 17.9 Å². The monoisotopic (exact) mass is 195 g/mol. The highest BCUT2D eigenvalue weighted by atomic mass is 32.1. The molecule has 0 amide bonds. The first kappa shape index (κ1) is 9.92. The van der Waals surface area contributed by atoms with E-state index in [1.807, 2.05) is 12.1 Å². The van der Waals surface area contributed by atoms with Crippen LogP contribution in [-0.4, -0.2) is 16.0 Å². The van der Waals surface area contributed by atoms with Gasteiger partial charge in [-0.15, -0.1) is 0 Å². The van der Waals surface area contributed by atoms with Gasteiger partial charge in [0.2, 0.25) is 0 Å². The van der Waals surface area contributed by atoms with Crippen LogP contribution in [0.5, 0.6) is 0 Å². The molecule has 0 spiro atoms. The molecule has 0 aliphatic rings. The number of nitrogens with two attached hydrogens (primary N) is 1. The molecule has 13 heavy (non-hydrogen) atoms. The van der Waals surface area contributed by atoms with E-state index in [0.29, 0.717) is 16.7 Å². The van der Waals surface area contributed by atoms with Crippen molar-refractivity contribution in [2.45, 2.75) is 19.9 Å². The number of hydrogen-bond donors (Lipinski definition) is 2. The second kappa shape index (κ2) is 4.18. The maximum Gasteiger partial charge on any atom is 0.122 e. The van der Waals surface area contributed by atoms with E-state index < -0.39 is 0 Å². The molecule has 0 unspecified atom stereocenters. The third-order valence-electron chi connectivity index (χ3n) is 1.47. The van der Waals surface area contributed by atoms with Crippen LogP contribution in [0.2, 0.25) is 0 Å². The minimum absolute atomic E-state index is 0.326. The average Bonchev–Trinajstić information content (AvgIpc) is 2.03. The van der Waals surface area contributed by atoms with E-state index in [1.54, 1.807) is 6.20 Å². The van der Waals surface area contributed by atoms with Gasteiger partial charge in [-0.05, 0) is 26.0 Å². The first-order valence-electron chi connectivity index (χ1n) is 4.12. The van der Waals surface area contributed by atoms with Crippen LogP contribution in [0, 0.1) is 0 Å². The Balaban J connectivity index is 2.85. The number of aromatic nitrogens is 1. The van der Waals surface area contributed by atoms with E-state index in [9.17, 15) is 0 Å². The number of thiocarbonyl (C=S) groups is 1. The van der Waals surface area contributed by atoms with Crippen molar-refractivity contribution in [1.29, 1.82) is 0 Å². The van der Waals surface area contributed by atoms with Crippen molar-refractivity contribution in [3.8, 4) is 0 Å². The molecular weight excluding hydrogens is 182 g/mol. The summed E-state index contributed by atoms with van der Waals surface area (Å²) in [5.74, 6) is 0. The van der Waals surface area contributed by atoms with E-state index in [4.69, 9.17) is 18.0 Å². The Bertz CT molecular complexity index is 309. The fraction of sp³-hybridized carbons (Fsp3) is 0.333. The van der Waals surface area contributed by atoms with E-state index >= 15 is 0 Å². The summed E-state index contributed by atoms with van der Waals surface area (Å²) in [4.78, 5) is 4.37. The van der Waals surface area contributed by atoms with Gasteiger partial charge in [0.15, 0.2) is 0 Å². The lowest BCUT2D eigenvalue weighted by molar-refractivity contribution is 0.899. The molecule has 3 nitrogen and oxygen atoms in total. The average molecular weight is 195 g/mol. The number of nitrogens with zero attached hydrogens (tertiary/aromatic N) is 1. The van der Waals surface area contributed by atoms with Crippen LogP contribution in [0.25, 0.3) is 0 Å². The maximum atomic E-state index is 5.45. The predicted molar refractivity (Wildman–Crippen MR) is 58.9 cm³/mol. The van der Waals surface area contributed by atoms with Gasteiger partial charge in [0.25, 0.3) is 0 Å². The Morgan fingerprint density at radius 2 is 2.31 bits per heavy atom. The maximum absolute atomic E-state index is 5.45. The summed E-state index contributed by atoms with van der Waals surface area (Å²) in [5, 5.41) is 3.24. The topological polar surface area (TPSA) is 50.9 Å². The summed E-state index contributed by atoms with van der Waals surface area (Å²) in [5.41, 5.74) is 7.10. The molecule has 0 atom stereocenters. The van der Waals surface area contributed by atoms with Crippen molar-refractivity contribution in [2.24, 2.45) is 5.73 Å². The molecule has 70 valence electrons. The van der Waals surface area contributed by atoms with E-state index in [2.05, 4.69) is 24.1 Å². The summed E-state index contributed by atoms with van der Waals surface area (Å²) in [7, 11) is 0. The van der Waals surface area contributed by atoms with Crippen molar-refractivity contribution in [2.75, 3.05) is 5.32 Å². The highest BCUT2D eigenvalue weighted by Crippen LogP contribution is 2.08. The lowest BCUT2D eigenvalue weighted by Gasteiger charge is -2.09. The summed E-state index contributed by atoms with van der Waals surface area (Å²) in [6.45, 7) is 4.14. The summed E-state index contributed by atoms with van der Waals surface area (Å²) in [6.07, 6.45) is 1.69. The summed E-state index contributed by atoms with van der Waals surface area (Å²) in [6, 6.07) is 4.13. The van der Waals surface area contributed by atoms with Gasteiger partial charge >= 0.3 is 0 Å². The molecule has 1 aromatic rings. The smallest absolute Gasteiger partial charge is 0.122 e. The SMILES string of the molecule is CC(C)Nc1ccnc(C(N)=S)c1. The minimum atomic E-state index is 0.326. The zero-order valence-electron chi connectivity index (χ0n) is 7.74. The second-order valence-corrected chi connectivity index (χ2v) is 3.53. The predicted octanol–water partition coefficient (Wildman–Crippen LogP) is 1.54. The number of pyridine rings is 1.